The van der Waals surface area contributed by atoms with Crippen molar-refractivity contribution in [3.8, 4) is 0 Å². The Balaban J connectivity index is 2.28. The molecule has 0 fully saturated rings. The van der Waals surface area contributed by atoms with Gasteiger partial charge in [-0.3, -0.25) is 0 Å². The van der Waals surface area contributed by atoms with E-state index in [9.17, 15) is 0 Å². The summed E-state index contributed by atoms with van der Waals surface area (Å²) in [6, 6.07) is 8.24. The van der Waals surface area contributed by atoms with Crippen molar-refractivity contribution in [2.24, 2.45) is 0 Å². The van der Waals surface area contributed by atoms with Crippen LogP contribution < -0.4 is 5.32 Å². The van der Waals surface area contributed by atoms with Crippen molar-refractivity contribution in [2.45, 2.75) is 38.1 Å². The molecule has 1 aromatic heterocycles. The van der Waals surface area contributed by atoms with Crippen molar-refractivity contribution in [2.75, 3.05) is 17.6 Å². The highest BCUT2D eigenvalue weighted by atomic mass is 32.2. The van der Waals surface area contributed by atoms with E-state index in [0.29, 0.717) is 0 Å². The Kier molecular flexibility index (Phi) is 5.45. The number of para-hydroxylation sites is 1. The average molecular weight is 275 g/mol. The molecule has 0 aliphatic carbocycles. The lowest BCUT2D eigenvalue weighted by Crippen LogP contribution is -2.05. The largest absolute Gasteiger partial charge is 0.354 e. The molecule has 0 saturated heterocycles. The molecule has 0 saturated carbocycles. The summed E-state index contributed by atoms with van der Waals surface area (Å²) in [5.41, 5.74) is 1.02. The molecular weight excluding hydrogens is 254 g/mol. The monoisotopic (exact) mass is 275 g/mol. The maximum absolute atomic E-state index is 4.65. The summed E-state index contributed by atoms with van der Waals surface area (Å²) >= 11 is 1.83. The molecule has 0 bridgehead atoms. The van der Waals surface area contributed by atoms with Gasteiger partial charge in [0, 0.05) is 11.9 Å². The molecule has 0 atom stereocenters. The van der Waals surface area contributed by atoms with Crippen LogP contribution in [0.25, 0.3) is 10.9 Å². The number of benzene rings is 1. The number of nitrogens with zero attached hydrogens (tertiary/aromatic N) is 2. The first-order valence-electron chi connectivity index (χ1n) is 6.98. The molecule has 0 amide bonds. The molecule has 0 radical (unpaired) electrons. The third-order valence-electron chi connectivity index (χ3n) is 2.84. The lowest BCUT2D eigenvalue weighted by molar-refractivity contribution is 0.894. The Bertz CT molecular complexity index is 528. The second kappa shape index (κ2) is 7.34. The second-order valence-electron chi connectivity index (χ2n) is 4.50. The Morgan fingerprint density at radius 2 is 1.95 bits per heavy atom. The molecule has 0 aliphatic rings. The van der Waals surface area contributed by atoms with Crippen LogP contribution in [0.2, 0.25) is 0 Å². The smallest absolute Gasteiger partial charge is 0.224 e. The fourth-order valence-electron chi connectivity index (χ4n) is 1.79. The molecule has 2 rings (SSSR count). The van der Waals surface area contributed by atoms with Gasteiger partial charge in [0.05, 0.1) is 5.52 Å². The number of thioether (sulfide) groups is 1. The summed E-state index contributed by atoms with van der Waals surface area (Å²) in [4.78, 5) is 9.22. The van der Waals surface area contributed by atoms with Crippen LogP contribution in [-0.4, -0.2) is 22.3 Å². The predicted octanol–water partition coefficient (Wildman–Crippen LogP) is 4.34. The highest BCUT2D eigenvalue weighted by Gasteiger charge is 2.07. The van der Waals surface area contributed by atoms with E-state index in [2.05, 4.69) is 47.3 Å². The first kappa shape index (κ1) is 14.1. The van der Waals surface area contributed by atoms with E-state index < -0.39 is 0 Å². The van der Waals surface area contributed by atoms with E-state index in [0.717, 1.165) is 40.6 Å². The molecule has 1 heterocycles. The summed E-state index contributed by atoms with van der Waals surface area (Å²) < 4.78 is 0. The quantitative estimate of drug-likeness (QED) is 0.463. The van der Waals surface area contributed by atoms with Gasteiger partial charge >= 0.3 is 0 Å². The van der Waals surface area contributed by atoms with Gasteiger partial charge in [0.1, 0.15) is 5.03 Å². The van der Waals surface area contributed by atoms with Crippen molar-refractivity contribution < 1.29 is 0 Å². The fourth-order valence-corrected chi connectivity index (χ4v) is 2.89. The van der Waals surface area contributed by atoms with Crippen molar-refractivity contribution in [1.29, 1.82) is 0 Å². The van der Waals surface area contributed by atoms with Gasteiger partial charge in [-0.05, 0) is 24.7 Å². The Hall–Kier alpha value is -1.29. The Morgan fingerprint density at radius 1 is 1.11 bits per heavy atom. The number of hydrogen-bond acceptors (Lipinski definition) is 4. The van der Waals surface area contributed by atoms with Crippen LogP contribution in [0.4, 0.5) is 5.95 Å². The van der Waals surface area contributed by atoms with Crippen molar-refractivity contribution >= 4 is 28.6 Å². The van der Waals surface area contributed by atoms with Crippen molar-refractivity contribution in [3.63, 3.8) is 0 Å². The Labute approximate surface area is 119 Å². The zero-order valence-corrected chi connectivity index (χ0v) is 12.5. The van der Waals surface area contributed by atoms with Crippen LogP contribution in [0.15, 0.2) is 29.3 Å². The normalized spacial score (nSPS) is 10.8. The van der Waals surface area contributed by atoms with Crippen LogP contribution in [0.3, 0.4) is 0 Å². The van der Waals surface area contributed by atoms with Crippen molar-refractivity contribution in [3.05, 3.63) is 24.3 Å². The van der Waals surface area contributed by atoms with E-state index in [1.807, 2.05) is 17.8 Å². The van der Waals surface area contributed by atoms with Crippen LogP contribution in [-0.2, 0) is 0 Å². The van der Waals surface area contributed by atoms with Crippen LogP contribution in [0, 0.1) is 0 Å². The third-order valence-corrected chi connectivity index (χ3v) is 3.92. The van der Waals surface area contributed by atoms with Gasteiger partial charge in [-0.15, -0.1) is 11.8 Å². The molecule has 1 N–H and O–H groups in total. The molecule has 4 heteroatoms. The molecular formula is C15H21N3S. The predicted molar refractivity (Wildman–Crippen MR) is 84.0 cm³/mol. The number of unbranched alkanes of at least 4 members (excludes halogenated alkanes) is 1. The van der Waals surface area contributed by atoms with E-state index >= 15 is 0 Å². The number of fused-ring (bicyclic) bond motifs is 1. The summed E-state index contributed by atoms with van der Waals surface area (Å²) in [5, 5.41) is 5.53. The lowest BCUT2D eigenvalue weighted by atomic mass is 10.2. The molecule has 102 valence electrons. The van der Waals surface area contributed by atoms with Gasteiger partial charge in [-0.1, -0.05) is 38.5 Å². The van der Waals surface area contributed by atoms with Gasteiger partial charge in [-0.25, -0.2) is 9.97 Å². The number of hydrogen-bond donors (Lipinski definition) is 1. The van der Waals surface area contributed by atoms with E-state index in [1.165, 1.54) is 12.8 Å². The first-order valence-corrected chi connectivity index (χ1v) is 7.97. The summed E-state index contributed by atoms with van der Waals surface area (Å²) in [6.07, 6.45) is 3.52. The van der Waals surface area contributed by atoms with Gasteiger partial charge in [-0.2, -0.15) is 0 Å². The van der Waals surface area contributed by atoms with Gasteiger partial charge in [0.2, 0.25) is 5.95 Å². The zero-order chi connectivity index (χ0) is 13.5. The lowest BCUT2D eigenvalue weighted by Gasteiger charge is -2.09. The molecule has 0 spiro atoms. The van der Waals surface area contributed by atoms with E-state index in [-0.39, 0.29) is 0 Å². The highest BCUT2D eigenvalue weighted by molar-refractivity contribution is 7.99. The highest BCUT2D eigenvalue weighted by Crippen LogP contribution is 2.27. The minimum atomic E-state index is 0.750. The average Bonchev–Trinajstić information content (AvgIpc) is 2.45. The van der Waals surface area contributed by atoms with Crippen LogP contribution in [0.5, 0.6) is 0 Å². The summed E-state index contributed by atoms with van der Waals surface area (Å²) in [5.74, 6) is 1.87. The second-order valence-corrected chi connectivity index (χ2v) is 5.58. The Morgan fingerprint density at radius 3 is 2.74 bits per heavy atom. The van der Waals surface area contributed by atoms with Gasteiger partial charge in [0.15, 0.2) is 0 Å². The zero-order valence-electron chi connectivity index (χ0n) is 11.6. The van der Waals surface area contributed by atoms with Crippen molar-refractivity contribution in [1.82, 2.24) is 9.97 Å². The minimum absolute atomic E-state index is 0.750. The number of nitrogens with one attached hydrogen (secondary N) is 1. The minimum Gasteiger partial charge on any atom is -0.354 e. The number of anilines is 1. The van der Waals surface area contributed by atoms with Gasteiger partial charge < -0.3 is 5.32 Å². The maximum Gasteiger partial charge on any atom is 0.224 e. The molecule has 0 unspecified atom stereocenters. The molecule has 0 aliphatic heterocycles. The SMILES string of the molecule is CCCCSc1nc(NCCC)nc2ccccc12. The fraction of sp³-hybridized carbons (Fsp3) is 0.467. The first-order chi connectivity index (χ1) is 9.35. The third kappa shape index (κ3) is 3.83. The topological polar surface area (TPSA) is 37.8 Å². The number of aromatic nitrogens is 2. The molecule has 2 aromatic rings. The standard InChI is InChI=1S/C15H21N3S/c1-3-5-11-19-14-12-8-6-7-9-13(12)17-15(18-14)16-10-4-2/h6-9H,3-5,10-11H2,1-2H3,(H,16,17,18). The molecule has 1 aromatic carbocycles. The molecule has 19 heavy (non-hydrogen) atoms. The van der Waals surface area contributed by atoms with Crippen LogP contribution in [0.1, 0.15) is 33.1 Å². The molecule has 3 nitrogen and oxygen atoms in total. The number of rotatable bonds is 7. The maximum atomic E-state index is 4.65. The van der Waals surface area contributed by atoms with E-state index in [1.54, 1.807) is 0 Å². The van der Waals surface area contributed by atoms with E-state index in [4.69, 9.17) is 0 Å². The summed E-state index contributed by atoms with van der Waals surface area (Å²) in [6.45, 7) is 5.27. The summed E-state index contributed by atoms with van der Waals surface area (Å²) in [7, 11) is 0. The van der Waals surface area contributed by atoms with Crippen LogP contribution >= 0.6 is 11.8 Å². The van der Waals surface area contributed by atoms with Gasteiger partial charge in [0.25, 0.3) is 0 Å².